The molecule has 0 spiro atoms. The summed E-state index contributed by atoms with van der Waals surface area (Å²) in [6, 6.07) is 17.3. The molecule has 0 unspecified atom stereocenters. The minimum absolute atomic E-state index is 0.648. The average Bonchev–Trinajstić information content (AvgIpc) is 2.40. The van der Waals surface area contributed by atoms with Gasteiger partial charge >= 0.3 is 0 Å². The average molecular weight is 492 g/mol. The highest BCUT2D eigenvalue weighted by Crippen LogP contribution is 2.16. The molecule has 0 saturated carbocycles. The standard InChI is InChI=1S/2C9H11I/c1-7(2)8-3-5-9(10)6-4-8;1-7(2)8-4-3-5-9(10)6-8/h2*3-7H,1-2H3. The summed E-state index contributed by atoms with van der Waals surface area (Å²) in [6.07, 6.45) is 0. The normalized spacial score (nSPS) is 10.4. The summed E-state index contributed by atoms with van der Waals surface area (Å²) in [5, 5.41) is 0. The smallest absolute Gasteiger partial charge is 0.0133 e. The van der Waals surface area contributed by atoms with Gasteiger partial charge < -0.3 is 0 Å². The highest BCUT2D eigenvalue weighted by molar-refractivity contribution is 14.1. The molecule has 0 saturated heterocycles. The third kappa shape index (κ3) is 6.57. The number of hydrogen-bond acceptors (Lipinski definition) is 0. The minimum atomic E-state index is 0.648. The van der Waals surface area contributed by atoms with E-state index in [-0.39, 0.29) is 0 Å². The molecule has 0 nitrogen and oxygen atoms in total. The predicted octanol–water partition coefficient (Wildman–Crippen LogP) is 6.83. The van der Waals surface area contributed by atoms with Gasteiger partial charge in [-0.1, -0.05) is 52.0 Å². The predicted molar refractivity (Wildman–Crippen MR) is 106 cm³/mol. The fraction of sp³-hybridized carbons (Fsp3) is 0.333. The Morgan fingerprint density at radius 2 is 1.20 bits per heavy atom. The Morgan fingerprint density at radius 1 is 0.650 bits per heavy atom. The summed E-state index contributed by atoms with van der Waals surface area (Å²) in [6.45, 7) is 8.85. The van der Waals surface area contributed by atoms with E-state index in [9.17, 15) is 0 Å². The Bertz CT molecular complexity index is 513. The summed E-state index contributed by atoms with van der Waals surface area (Å²) in [4.78, 5) is 0. The van der Waals surface area contributed by atoms with Crippen LogP contribution in [0.1, 0.15) is 50.7 Å². The first-order valence-electron chi connectivity index (χ1n) is 6.91. The maximum atomic E-state index is 2.34. The molecule has 0 atom stereocenters. The van der Waals surface area contributed by atoms with Crippen molar-refractivity contribution in [2.24, 2.45) is 0 Å². The maximum Gasteiger partial charge on any atom is 0.0133 e. The Kier molecular flexibility index (Phi) is 8.10. The second-order valence-electron chi connectivity index (χ2n) is 5.42. The van der Waals surface area contributed by atoms with E-state index in [4.69, 9.17) is 0 Å². The van der Waals surface area contributed by atoms with E-state index in [2.05, 4.69) is 121 Å². The van der Waals surface area contributed by atoms with Crippen LogP contribution in [-0.4, -0.2) is 0 Å². The lowest BCUT2D eigenvalue weighted by Gasteiger charge is -2.03. The van der Waals surface area contributed by atoms with Gasteiger partial charge in [0.1, 0.15) is 0 Å². The zero-order valence-electron chi connectivity index (χ0n) is 12.5. The topological polar surface area (TPSA) is 0 Å². The van der Waals surface area contributed by atoms with E-state index in [0.29, 0.717) is 11.8 Å². The summed E-state index contributed by atoms with van der Waals surface area (Å²) in [5.41, 5.74) is 2.84. The highest BCUT2D eigenvalue weighted by atomic mass is 127. The van der Waals surface area contributed by atoms with Crippen LogP contribution in [0.3, 0.4) is 0 Å². The SMILES string of the molecule is CC(C)c1ccc(I)cc1.CC(C)c1cccc(I)c1. The minimum Gasteiger partial charge on any atom is -0.0609 e. The van der Waals surface area contributed by atoms with E-state index in [0.717, 1.165) is 0 Å². The highest BCUT2D eigenvalue weighted by Gasteiger charge is 1.97. The maximum absolute atomic E-state index is 2.34. The molecule has 0 fully saturated rings. The summed E-state index contributed by atoms with van der Waals surface area (Å²) in [5.74, 6) is 1.30. The summed E-state index contributed by atoms with van der Waals surface area (Å²) >= 11 is 4.66. The van der Waals surface area contributed by atoms with E-state index in [1.807, 2.05) is 0 Å². The molecule has 0 heterocycles. The lowest BCUT2D eigenvalue weighted by molar-refractivity contribution is 0.865. The molecule has 0 bridgehead atoms. The number of benzene rings is 2. The fourth-order valence-corrected chi connectivity index (χ4v) is 2.64. The zero-order chi connectivity index (χ0) is 15.1. The van der Waals surface area contributed by atoms with E-state index >= 15 is 0 Å². The first-order valence-corrected chi connectivity index (χ1v) is 9.06. The van der Waals surface area contributed by atoms with Gasteiger partial charge in [0.05, 0.1) is 0 Å². The van der Waals surface area contributed by atoms with E-state index in [1.54, 1.807) is 0 Å². The van der Waals surface area contributed by atoms with Crippen molar-refractivity contribution in [3.05, 3.63) is 66.8 Å². The molecule has 2 rings (SSSR count). The Labute approximate surface area is 150 Å². The first-order chi connectivity index (χ1) is 9.40. The quantitative estimate of drug-likeness (QED) is 0.404. The molecule has 2 heteroatoms. The van der Waals surface area contributed by atoms with Gasteiger partial charge in [-0.25, -0.2) is 0 Å². The molecule has 2 aromatic rings. The van der Waals surface area contributed by atoms with Gasteiger partial charge in [-0.3, -0.25) is 0 Å². The van der Waals surface area contributed by atoms with Gasteiger partial charge in [-0.2, -0.15) is 0 Å². The number of rotatable bonds is 2. The Hall–Kier alpha value is -0.100. The van der Waals surface area contributed by atoms with Crippen LogP contribution in [0.15, 0.2) is 48.5 Å². The molecule has 0 radical (unpaired) electrons. The molecule has 0 amide bonds. The monoisotopic (exact) mass is 492 g/mol. The lowest BCUT2D eigenvalue weighted by atomic mass is 10.0. The fourth-order valence-electron chi connectivity index (χ4n) is 1.71. The van der Waals surface area contributed by atoms with Gasteiger partial charge in [0.2, 0.25) is 0 Å². The third-order valence-corrected chi connectivity index (χ3v) is 4.44. The molecular formula is C18H22I2. The molecule has 0 aromatic heterocycles. The van der Waals surface area contributed by atoms with Crippen molar-refractivity contribution in [2.75, 3.05) is 0 Å². The zero-order valence-corrected chi connectivity index (χ0v) is 16.8. The van der Waals surface area contributed by atoms with Crippen molar-refractivity contribution in [1.82, 2.24) is 0 Å². The summed E-state index contributed by atoms with van der Waals surface area (Å²) < 4.78 is 2.63. The molecule has 2 aromatic carbocycles. The van der Waals surface area contributed by atoms with Crippen LogP contribution in [0.4, 0.5) is 0 Å². The number of hydrogen-bond donors (Lipinski definition) is 0. The second kappa shape index (κ2) is 9.03. The molecule has 20 heavy (non-hydrogen) atoms. The van der Waals surface area contributed by atoms with Gasteiger partial charge in [-0.15, -0.1) is 0 Å². The van der Waals surface area contributed by atoms with Gasteiger partial charge in [-0.05, 0) is 92.4 Å². The van der Waals surface area contributed by atoms with Crippen molar-refractivity contribution < 1.29 is 0 Å². The molecule has 0 aliphatic carbocycles. The van der Waals surface area contributed by atoms with Crippen LogP contribution in [-0.2, 0) is 0 Å². The van der Waals surface area contributed by atoms with Crippen LogP contribution in [0.5, 0.6) is 0 Å². The molecule has 108 valence electrons. The van der Waals surface area contributed by atoms with Crippen LogP contribution in [0.25, 0.3) is 0 Å². The van der Waals surface area contributed by atoms with Gasteiger partial charge in [0, 0.05) is 7.14 Å². The molecule has 0 N–H and O–H groups in total. The lowest BCUT2D eigenvalue weighted by Crippen LogP contribution is -1.86. The van der Waals surface area contributed by atoms with Crippen LogP contribution >= 0.6 is 45.2 Å². The molecular weight excluding hydrogens is 470 g/mol. The second-order valence-corrected chi connectivity index (χ2v) is 7.91. The molecule has 0 aliphatic rings. The Morgan fingerprint density at radius 3 is 1.60 bits per heavy atom. The van der Waals surface area contributed by atoms with Gasteiger partial charge in [0.15, 0.2) is 0 Å². The van der Waals surface area contributed by atoms with Crippen LogP contribution in [0, 0.1) is 7.14 Å². The van der Waals surface area contributed by atoms with Gasteiger partial charge in [0.25, 0.3) is 0 Å². The largest absolute Gasteiger partial charge is 0.0609 e. The first kappa shape index (κ1) is 18.0. The summed E-state index contributed by atoms with van der Waals surface area (Å²) in [7, 11) is 0. The van der Waals surface area contributed by atoms with Crippen molar-refractivity contribution in [1.29, 1.82) is 0 Å². The van der Waals surface area contributed by atoms with Crippen LogP contribution in [0.2, 0.25) is 0 Å². The number of halogens is 2. The van der Waals surface area contributed by atoms with E-state index < -0.39 is 0 Å². The van der Waals surface area contributed by atoms with Crippen molar-refractivity contribution >= 4 is 45.2 Å². The van der Waals surface area contributed by atoms with Crippen molar-refractivity contribution in [2.45, 2.75) is 39.5 Å². The van der Waals surface area contributed by atoms with Crippen LogP contribution < -0.4 is 0 Å². The van der Waals surface area contributed by atoms with E-state index in [1.165, 1.54) is 18.3 Å². The Balaban J connectivity index is 0.000000200. The third-order valence-electron chi connectivity index (χ3n) is 3.05. The van der Waals surface area contributed by atoms with Crippen molar-refractivity contribution in [3.63, 3.8) is 0 Å². The van der Waals surface area contributed by atoms with Crippen molar-refractivity contribution in [3.8, 4) is 0 Å². The molecule has 0 aliphatic heterocycles.